The van der Waals surface area contributed by atoms with Crippen molar-refractivity contribution < 1.29 is 4.79 Å². The van der Waals surface area contributed by atoms with E-state index >= 15 is 0 Å². The molecule has 0 fully saturated rings. The number of thiol groups is 1. The van der Waals surface area contributed by atoms with Crippen molar-refractivity contribution in [3.05, 3.63) is 46.2 Å². The zero-order valence-electron chi connectivity index (χ0n) is 9.81. The summed E-state index contributed by atoms with van der Waals surface area (Å²) in [6.07, 6.45) is 3.10. The summed E-state index contributed by atoms with van der Waals surface area (Å²) in [7, 11) is 0. The zero-order chi connectivity index (χ0) is 13.8. The van der Waals surface area contributed by atoms with Crippen LogP contribution < -0.4 is 5.32 Å². The van der Waals surface area contributed by atoms with E-state index in [1.54, 1.807) is 24.4 Å². The highest BCUT2D eigenvalue weighted by atomic mass is 35.5. The standard InChI is InChI=1S/C12H11Cl2N3OS/c13-9-1-2-11(10(14)5-9)17-7-8(6-16-17)12(18)15-3-4-19/h1-2,5-7,19H,3-4H2,(H,15,18). The van der Waals surface area contributed by atoms with Crippen LogP contribution in [0.15, 0.2) is 30.6 Å². The molecule has 1 aromatic carbocycles. The fraction of sp³-hybridized carbons (Fsp3) is 0.167. The average molecular weight is 316 g/mol. The highest BCUT2D eigenvalue weighted by Crippen LogP contribution is 2.23. The number of nitrogens with one attached hydrogen (secondary N) is 1. The molecule has 0 saturated heterocycles. The SMILES string of the molecule is O=C(NCCS)c1cnn(-c2ccc(Cl)cc2Cl)c1. The molecule has 0 unspecified atom stereocenters. The molecule has 4 nitrogen and oxygen atoms in total. The Morgan fingerprint density at radius 1 is 1.42 bits per heavy atom. The maximum Gasteiger partial charge on any atom is 0.254 e. The van der Waals surface area contributed by atoms with Crippen LogP contribution in [-0.2, 0) is 0 Å². The summed E-state index contributed by atoms with van der Waals surface area (Å²) in [6, 6.07) is 5.08. The third-order valence-corrected chi connectivity index (χ3v) is 3.16. The molecular formula is C12H11Cl2N3OS. The number of carbonyl (C=O) groups excluding carboxylic acids is 1. The smallest absolute Gasteiger partial charge is 0.254 e. The Kier molecular flexibility index (Phi) is 4.74. The van der Waals surface area contributed by atoms with Gasteiger partial charge >= 0.3 is 0 Å². The summed E-state index contributed by atoms with van der Waals surface area (Å²) < 4.78 is 1.54. The lowest BCUT2D eigenvalue weighted by Gasteiger charge is -2.04. The molecule has 0 radical (unpaired) electrons. The number of hydrogen-bond acceptors (Lipinski definition) is 3. The van der Waals surface area contributed by atoms with Crippen molar-refractivity contribution in [1.29, 1.82) is 0 Å². The van der Waals surface area contributed by atoms with Gasteiger partial charge in [0.1, 0.15) is 0 Å². The van der Waals surface area contributed by atoms with Crippen molar-refractivity contribution in [2.45, 2.75) is 0 Å². The van der Waals surface area contributed by atoms with Crippen LogP contribution in [-0.4, -0.2) is 28.0 Å². The highest BCUT2D eigenvalue weighted by Gasteiger charge is 2.10. The number of hydrogen-bond donors (Lipinski definition) is 2. The minimum atomic E-state index is -0.189. The Labute approximate surface area is 126 Å². The minimum absolute atomic E-state index is 0.189. The molecule has 0 aliphatic carbocycles. The highest BCUT2D eigenvalue weighted by molar-refractivity contribution is 7.80. The van der Waals surface area contributed by atoms with E-state index in [1.165, 1.54) is 10.9 Å². The lowest BCUT2D eigenvalue weighted by Crippen LogP contribution is -2.24. The fourth-order valence-corrected chi connectivity index (χ4v) is 2.12. The second-order valence-corrected chi connectivity index (χ2v) is 5.04. The van der Waals surface area contributed by atoms with Crippen molar-refractivity contribution >= 4 is 41.7 Å². The second kappa shape index (κ2) is 6.32. The third-order valence-electron chi connectivity index (χ3n) is 2.40. The number of amides is 1. The molecule has 0 bridgehead atoms. The largest absolute Gasteiger partial charge is 0.351 e. The molecule has 100 valence electrons. The molecule has 2 aromatic rings. The van der Waals surface area contributed by atoms with E-state index in [0.717, 1.165) is 0 Å². The Hall–Kier alpha value is -1.17. The Morgan fingerprint density at radius 2 is 2.21 bits per heavy atom. The third kappa shape index (κ3) is 3.43. The van der Waals surface area contributed by atoms with E-state index in [2.05, 4.69) is 23.0 Å². The van der Waals surface area contributed by atoms with E-state index in [1.807, 2.05) is 0 Å². The minimum Gasteiger partial charge on any atom is -0.351 e. The summed E-state index contributed by atoms with van der Waals surface area (Å²) in [5.74, 6) is 0.397. The molecule has 1 heterocycles. The van der Waals surface area contributed by atoms with Crippen LogP contribution >= 0.6 is 35.8 Å². The Morgan fingerprint density at radius 3 is 2.89 bits per heavy atom. The van der Waals surface area contributed by atoms with Crippen LogP contribution in [0.4, 0.5) is 0 Å². The fourth-order valence-electron chi connectivity index (χ4n) is 1.51. The predicted molar refractivity (Wildman–Crippen MR) is 79.8 cm³/mol. The quantitative estimate of drug-likeness (QED) is 0.852. The number of benzene rings is 1. The van der Waals surface area contributed by atoms with Gasteiger partial charge in [-0.25, -0.2) is 4.68 Å². The normalized spacial score (nSPS) is 10.5. The van der Waals surface area contributed by atoms with Gasteiger partial charge < -0.3 is 5.32 Å². The van der Waals surface area contributed by atoms with Gasteiger partial charge in [-0.1, -0.05) is 23.2 Å². The van der Waals surface area contributed by atoms with E-state index in [0.29, 0.717) is 33.6 Å². The van der Waals surface area contributed by atoms with Crippen molar-refractivity contribution in [3.63, 3.8) is 0 Å². The van der Waals surface area contributed by atoms with Crippen LogP contribution in [0.2, 0.25) is 10.0 Å². The predicted octanol–water partition coefficient (Wildman–Crippen LogP) is 2.84. The van der Waals surface area contributed by atoms with Gasteiger partial charge in [-0.3, -0.25) is 4.79 Å². The summed E-state index contributed by atoms with van der Waals surface area (Å²) in [5.41, 5.74) is 1.13. The first-order valence-corrected chi connectivity index (χ1v) is 6.90. The second-order valence-electron chi connectivity index (χ2n) is 3.75. The van der Waals surface area contributed by atoms with E-state index in [9.17, 15) is 4.79 Å². The number of nitrogens with zero attached hydrogens (tertiary/aromatic N) is 2. The first-order chi connectivity index (χ1) is 9.11. The molecule has 7 heteroatoms. The zero-order valence-corrected chi connectivity index (χ0v) is 12.2. The van der Waals surface area contributed by atoms with Crippen molar-refractivity contribution in [2.24, 2.45) is 0 Å². The Bertz CT molecular complexity index is 600. The van der Waals surface area contributed by atoms with Crippen molar-refractivity contribution in [3.8, 4) is 5.69 Å². The maximum absolute atomic E-state index is 11.7. The van der Waals surface area contributed by atoms with Crippen LogP contribution in [0, 0.1) is 0 Å². The summed E-state index contributed by atoms with van der Waals surface area (Å²) in [6.45, 7) is 0.509. The topological polar surface area (TPSA) is 46.9 Å². The monoisotopic (exact) mass is 315 g/mol. The van der Waals surface area contributed by atoms with Gasteiger partial charge in [-0.15, -0.1) is 0 Å². The lowest BCUT2D eigenvalue weighted by atomic mass is 10.3. The van der Waals surface area contributed by atoms with Gasteiger partial charge in [-0.2, -0.15) is 17.7 Å². The summed E-state index contributed by atoms with van der Waals surface area (Å²) >= 11 is 15.9. The van der Waals surface area contributed by atoms with Crippen LogP contribution in [0.3, 0.4) is 0 Å². The first-order valence-electron chi connectivity index (χ1n) is 5.51. The first kappa shape index (κ1) is 14.2. The summed E-state index contributed by atoms with van der Waals surface area (Å²) in [5, 5.41) is 7.85. The van der Waals surface area contributed by atoms with Crippen molar-refractivity contribution in [1.82, 2.24) is 15.1 Å². The van der Waals surface area contributed by atoms with E-state index < -0.39 is 0 Å². The number of carbonyl (C=O) groups is 1. The summed E-state index contributed by atoms with van der Waals surface area (Å²) in [4.78, 5) is 11.7. The van der Waals surface area contributed by atoms with E-state index in [4.69, 9.17) is 23.2 Å². The van der Waals surface area contributed by atoms with Gasteiger partial charge in [-0.05, 0) is 18.2 Å². The molecule has 0 aliphatic rings. The van der Waals surface area contributed by atoms with Crippen molar-refractivity contribution in [2.75, 3.05) is 12.3 Å². The maximum atomic E-state index is 11.7. The van der Waals surface area contributed by atoms with Gasteiger partial charge in [0.15, 0.2) is 0 Å². The van der Waals surface area contributed by atoms with E-state index in [-0.39, 0.29) is 5.91 Å². The molecule has 1 aromatic heterocycles. The Balaban J connectivity index is 2.23. The molecule has 0 saturated carbocycles. The number of aromatic nitrogens is 2. The van der Waals surface area contributed by atoms with Gasteiger partial charge in [0.05, 0.1) is 22.5 Å². The molecule has 2 rings (SSSR count). The van der Waals surface area contributed by atoms with Crippen LogP contribution in [0.25, 0.3) is 5.69 Å². The number of halogens is 2. The van der Waals surface area contributed by atoms with Gasteiger partial charge in [0.2, 0.25) is 0 Å². The molecule has 0 aliphatic heterocycles. The molecule has 1 amide bonds. The van der Waals surface area contributed by atoms with Crippen LogP contribution in [0.1, 0.15) is 10.4 Å². The lowest BCUT2D eigenvalue weighted by molar-refractivity contribution is 0.0956. The molecule has 0 atom stereocenters. The van der Waals surface area contributed by atoms with Crippen LogP contribution in [0.5, 0.6) is 0 Å². The average Bonchev–Trinajstić information content (AvgIpc) is 2.85. The van der Waals surface area contributed by atoms with Gasteiger partial charge in [0, 0.05) is 23.5 Å². The molecule has 0 spiro atoms. The molecule has 1 N–H and O–H groups in total. The molecular weight excluding hydrogens is 305 g/mol. The molecule has 19 heavy (non-hydrogen) atoms. The van der Waals surface area contributed by atoms with Gasteiger partial charge in [0.25, 0.3) is 5.91 Å². The number of rotatable bonds is 4.